The van der Waals surface area contributed by atoms with Gasteiger partial charge in [-0.25, -0.2) is 0 Å². The number of benzene rings is 1. The van der Waals surface area contributed by atoms with Crippen LogP contribution in [0, 0.1) is 5.41 Å². The molecule has 1 aliphatic carbocycles. The van der Waals surface area contributed by atoms with E-state index in [1.54, 1.807) is 0 Å². The highest BCUT2D eigenvalue weighted by molar-refractivity contribution is 5.46. The van der Waals surface area contributed by atoms with Crippen molar-refractivity contribution in [3.05, 3.63) is 29.8 Å². The molecular formula is C18H29NO. The maximum absolute atomic E-state index is 8.92. The highest BCUT2D eigenvalue weighted by Crippen LogP contribution is 2.34. The molecule has 0 amide bonds. The summed E-state index contributed by atoms with van der Waals surface area (Å²) >= 11 is 0. The van der Waals surface area contributed by atoms with Crippen molar-refractivity contribution in [1.82, 2.24) is 0 Å². The van der Waals surface area contributed by atoms with Gasteiger partial charge in [0.15, 0.2) is 0 Å². The van der Waals surface area contributed by atoms with Crippen LogP contribution in [-0.2, 0) is 6.42 Å². The van der Waals surface area contributed by atoms with E-state index in [-0.39, 0.29) is 6.61 Å². The normalized spacial score (nSPS) is 22.2. The van der Waals surface area contributed by atoms with E-state index >= 15 is 0 Å². The largest absolute Gasteiger partial charge is 0.396 e. The molecule has 1 atom stereocenters. The Balaban J connectivity index is 1.92. The van der Waals surface area contributed by atoms with Crippen molar-refractivity contribution in [2.45, 2.75) is 64.8 Å². The molecule has 0 saturated heterocycles. The SMILES string of the molecule is CC1(C)CCCC(Nc2cccc(CCCO)c2)CC1. The minimum Gasteiger partial charge on any atom is -0.396 e. The fourth-order valence-corrected chi connectivity index (χ4v) is 3.14. The van der Waals surface area contributed by atoms with Crippen LogP contribution in [0.25, 0.3) is 0 Å². The molecule has 1 unspecified atom stereocenters. The van der Waals surface area contributed by atoms with E-state index < -0.39 is 0 Å². The summed E-state index contributed by atoms with van der Waals surface area (Å²) < 4.78 is 0. The first-order valence-electron chi connectivity index (χ1n) is 8.05. The molecule has 1 aromatic carbocycles. The van der Waals surface area contributed by atoms with Crippen LogP contribution >= 0.6 is 0 Å². The second-order valence-electron chi connectivity index (χ2n) is 6.96. The van der Waals surface area contributed by atoms with Crippen LogP contribution in [0.4, 0.5) is 5.69 Å². The summed E-state index contributed by atoms with van der Waals surface area (Å²) in [4.78, 5) is 0. The van der Waals surface area contributed by atoms with Gasteiger partial charge in [0.2, 0.25) is 0 Å². The van der Waals surface area contributed by atoms with Crippen molar-refractivity contribution in [2.24, 2.45) is 5.41 Å². The topological polar surface area (TPSA) is 32.3 Å². The third kappa shape index (κ3) is 4.82. The Labute approximate surface area is 123 Å². The molecule has 0 radical (unpaired) electrons. The van der Waals surface area contributed by atoms with Gasteiger partial charge >= 0.3 is 0 Å². The van der Waals surface area contributed by atoms with E-state index in [0.717, 1.165) is 12.8 Å². The Morgan fingerprint density at radius 1 is 1.25 bits per heavy atom. The summed E-state index contributed by atoms with van der Waals surface area (Å²) in [6.07, 6.45) is 8.36. The van der Waals surface area contributed by atoms with E-state index in [0.29, 0.717) is 11.5 Å². The lowest BCUT2D eigenvalue weighted by Crippen LogP contribution is -2.19. The van der Waals surface area contributed by atoms with Crippen molar-refractivity contribution in [1.29, 1.82) is 0 Å². The maximum atomic E-state index is 8.92. The second-order valence-corrected chi connectivity index (χ2v) is 6.96. The minimum absolute atomic E-state index is 0.273. The molecule has 1 aromatic rings. The van der Waals surface area contributed by atoms with Gasteiger partial charge in [-0.05, 0) is 61.6 Å². The average Bonchev–Trinajstić information content (AvgIpc) is 2.58. The molecule has 112 valence electrons. The molecule has 0 bridgehead atoms. The Morgan fingerprint density at radius 2 is 2.10 bits per heavy atom. The summed E-state index contributed by atoms with van der Waals surface area (Å²) in [7, 11) is 0. The summed E-state index contributed by atoms with van der Waals surface area (Å²) in [5.74, 6) is 0. The van der Waals surface area contributed by atoms with Crippen LogP contribution in [-0.4, -0.2) is 17.8 Å². The van der Waals surface area contributed by atoms with Gasteiger partial charge in [-0.15, -0.1) is 0 Å². The smallest absolute Gasteiger partial charge is 0.0434 e. The monoisotopic (exact) mass is 275 g/mol. The van der Waals surface area contributed by atoms with Crippen LogP contribution in [0.1, 0.15) is 57.9 Å². The second kappa shape index (κ2) is 7.12. The van der Waals surface area contributed by atoms with Crippen molar-refractivity contribution >= 4 is 5.69 Å². The van der Waals surface area contributed by atoms with E-state index in [2.05, 4.69) is 43.4 Å². The molecule has 0 spiro atoms. The van der Waals surface area contributed by atoms with Gasteiger partial charge in [0.25, 0.3) is 0 Å². The zero-order chi connectivity index (χ0) is 14.4. The molecule has 20 heavy (non-hydrogen) atoms. The molecule has 2 heteroatoms. The lowest BCUT2D eigenvalue weighted by Gasteiger charge is -2.22. The molecule has 0 aromatic heterocycles. The number of hydrogen-bond acceptors (Lipinski definition) is 2. The van der Waals surface area contributed by atoms with Gasteiger partial charge in [-0.2, -0.15) is 0 Å². The Kier molecular flexibility index (Phi) is 5.47. The minimum atomic E-state index is 0.273. The van der Waals surface area contributed by atoms with Gasteiger partial charge in [0.05, 0.1) is 0 Å². The first-order chi connectivity index (χ1) is 9.59. The first kappa shape index (κ1) is 15.4. The predicted octanol–water partition coefficient (Wildman–Crippen LogP) is 4.38. The number of aliphatic hydroxyl groups is 1. The van der Waals surface area contributed by atoms with Crippen LogP contribution in [0.5, 0.6) is 0 Å². The quantitative estimate of drug-likeness (QED) is 0.781. The Bertz CT molecular complexity index is 414. The van der Waals surface area contributed by atoms with Gasteiger partial charge in [0.1, 0.15) is 0 Å². The lowest BCUT2D eigenvalue weighted by molar-refractivity contribution is 0.288. The van der Waals surface area contributed by atoms with Crippen molar-refractivity contribution in [3.8, 4) is 0 Å². The number of rotatable bonds is 5. The Hall–Kier alpha value is -1.02. The highest BCUT2D eigenvalue weighted by Gasteiger charge is 2.24. The summed E-state index contributed by atoms with van der Waals surface area (Å²) in [5, 5.41) is 12.6. The van der Waals surface area contributed by atoms with Crippen LogP contribution in [0.2, 0.25) is 0 Å². The average molecular weight is 275 g/mol. The zero-order valence-electron chi connectivity index (χ0n) is 13.0. The summed E-state index contributed by atoms with van der Waals surface area (Å²) in [5.41, 5.74) is 3.07. The first-order valence-corrected chi connectivity index (χ1v) is 8.05. The van der Waals surface area contributed by atoms with E-state index in [4.69, 9.17) is 5.11 Å². The van der Waals surface area contributed by atoms with Crippen LogP contribution in [0.15, 0.2) is 24.3 Å². The van der Waals surface area contributed by atoms with Crippen molar-refractivity contribution in [2.75, 3.05) is 11.9 Å². The van der Waals surface area contributed by atoms with E-state index in [9.17, 15) is 0 Å². The molecule has 2 rings (SSSR count). The number of aryl methyl sites for hydroxylation is 1. The molecule has 2 nitrogen and oxygen atoms in total. The van der Waals surface area contributed by atoms with E-state index in [1.165, 1.54) is 43.4 Å². The lowest BCUT2D eigenvalue weighted by atomic mass is 9.85. The predicted molar refractivity (Wildman–Crippen MR) is 86.1 cm³/mol. The summed E-state index contributed by atoms with van der Waals surface area (Å²) in [6.45, 7) is 5.06. The van der Waals surface area contributed by atoms with Gasteiger partial charge in [0, 0.05) is 18.3 Å². The van der Waals surface area contributed by atoms with Gasteiger partial charge in [-0.3, -0.25) is 0 Å². The van der Waals surface area contributed by atoms with Crippen LogP contribution in [0.3, 0.4) is 0 Å². The Morgan fingerprint density at radius 3 is 2.90 bits per heavy atom. The fraction of sp³-hybridized carbons (Fsp3) is 0.667. The molecule has 2 N–H and O–H groups in total. The van der Waals surface area contributed by atoms with Gasteiger partial charge in [-0.1, -0.05) is 32.4 Å². The van der Waals surface area contributed by atoms with E-state index in [1.807, 2.05) is 0 Å². The third-order valence-corrected chi connectivity index (χ3v) is 4.50. The van der Waals surface area contributed by atoms with Crippen LogP contribution < -0.4 is 5.32 Å². The zero-order valence-corrected chi connectivity index (χ0v) is 13.0. The molecule has 0 aliphatic heterocycles. The standard InChI is InChI=1S/C18H29NO/c1-18(2)11-4-9-16(10-12-18)19-17-8-3-6-15(14-17)7-5-13-20/h3,6,8,14,16,19-20H,4-5,7,9-13H2,1-2H3. The van der Waals surface area contributed by atoms with Crippen molar-refractivity contribution < 1.29 is 5.11 Å². The summed E-state index contributed by atoms with van der Waals surface area (Å²) in [6, 6.07) is 9.29. The third-order valence-electron chi connectivity index (χ3n) is 4.50. The maximum Gasteiger partial charge on any atom is 0.0434 e. The molecular weight excluding hydrogens is 246 g/mol. The molecule has 0 heterocycles. The molecule has 1 aliphatic rings. The molecule has 1 saturated carbocycles. The van der Waals surface area contributed by atoms with Gasteiger partial charge < -0.3 is 10.4 Å². The number of hydrogen-bond donors (Lipinski definition) is 2. The number of aliphatic hydroxyl groups excluding tert-OH is 1. The molecule has 1 fully saturated rings. The number of nitrogens with one attached hydrogen (secondary N) is 1. The fourth-order valence-electron chi connectivity index (χ4n) is 3.14. The highest BCUT2D eigenvalue weighted by atomic mass is 16.2. The van der Waals surface area contributed by atoms with Crippen molar-refractivity contribution in [3.63, 3.8) is 0 Å². The number of anilines is 1.